The highest BCUT2D eigenvalue weighted by atomic mass is 19.4. The van der Waals surface area contributed by atoms with Crippen LogP contribution in [0.2, 0.25) is 0 Å². The molecular weight excluding hydrogens is 423 g/mol. The number of alkyl halides is 3. The van der Waals surface area contributed by atoms with Gasteiger partial charge >= 0.3 is 12.2 Å². The van der Waals surface area contributed by atoms with Gasteiger partial charge in [-0.1, -0.05) is 12.8 Å². The molecule has 2 atom stereocenters. The minimum Gasteiger partial charge on any atom is -0.354 e. The quantitative estimate of drug-likeness (QED) is 0.774. The van der Waals surface area contributed by atoms with E-state index in [2.05, 4.69) is 10.3 Å². The standard InChI is InChI=1S/C22H20F3N5O2/c1-27-20(31)17-11-15(8-9-28-17)30-19-5-3-2-4-18(19)29(21(30)32)14-7-6-13(12-26)16(10-14)22(23,24)25/h6-11,18-19H,2-5H2,1H3,(H,27,31). The average Bonchev–Trinajstić information content (AvgIpc) is 3.09. The van der Waals surface area contributed by atoms with Crippen molar-refractivity contribution < 1.29 is 22.8 Å². The summed E-state index contributed by atoms with van der Waals surface area (Å²) < 4.78 is 40.6. The molecule has 32 heavy (non-hydrogen) atoms. The molecule has 1 saturated heterocycles. The summed E-state index contributed by atoms with van der Waals surface area (Å²) in [6.07, 6.45) is -0.233. The third-order valence-corrected chi connectivity index (χ3v) is 5.96. The predicted molar refractivity (Wildman–Crippen MR) is 110 cm³/mol. The fourth-order valence-corrected chi connectivity index (χ4v) is 4.53. The van der Waals surface area contributed by atoms with Crippen LogP contribution in [0, 0.1) is 11.3 Å². The molecule has 1 aliphatic heterocycles. The molecule has 2 aromatic rings. The van der Waals surface area contributed by atoms with Gasteiger partial charge in [0.2, 0.25) is 0 Å². The average molecular weight is 443 g/mol. The Kier molecular flexibility index (Phi) is 5.50. The second-order valence-electron chi connectivity index (χ2n) is 7.76. The Morgan fingerprint density at radius 2 is 1.75 bits per heavy atom. The number of urea groups is 1. The number of halogens is 3. The summed E-state index contributed by atoms with van der Waals surface area (Å²) in [5, 5.41) is 11.6. The summed E-state index contributed by atoms with van der Waals surface area (Å²) in [4.78, 5) is 32.5. The first kappa shape index (κ1) is 21.6. The molecule has 4 rings (SSSR count). The fourth-order valence-electron chi connectivity index (χ4n) is 4.53. The second kappa shape index (κ2) is 8.15. The van der Waals surface area contributed by atoms with Crippen LogP contribution in [0.1, 0.15) is 47.3 Å². The van der Waals surface area contributed by atoms with E-state index in [0.717, 1.165) is 25.0 Å². The number of fused-ring (bicyclic) bond motifs is 1. The van der Waals surface area contributed by atoms with Gasteiger partial charge in [0.15, 0.2) is 0 Å². The maximum atomic E-state index is 13.5. The largest absolute Gasteiger partial charge is 0.417 e. The lowest BCUT2D eigenvalue weighted by Crippen LogP contribution is -2.40. The van der Waals surface area contributed by atoms with Crippen LogP contribution in [0.25, 0.3) is 0 Å². The topological polar surface area (TPSA) is 89.3 Å². The van der Waals surface area contributed by atoms with E-state index in [1.807, 2.05) is 0 Å². The Balaban J connectivity index is 1.78. The van der Waals surface area contributed by atoms with Gasteiger partial charge in [0.1, 0.15) is 5.69 Å². The van der Waals surface area contributed by atoms with Crippen molar-refractivity contribution in [3.8, 4) is 6.07 Å². The first-order chi connectivity index (χ1) is 15.3. The third kappa shape index (κ3) is 3.64. The number of benzene rings is 1. The van der Waals surface area contributed by atoms with Crippen molar-refractivity contribution in [1.82, 2.24) is 10.3 Å². The molecule has 7 nitrogen and oxygen atoms in total. The molecule has 2 aliphatic rings. The van der Waals surface area contributed by atoms with Crippen molar-refractivity contribution in [3.05, 3.63) is 53.3 Å². The molecule has 0 spiro atoms. The van der Waals surface area contributed by atoms with E-state index in [1.165, 1.54) is 30.3 Å². The van der Waals surface area contributed by atoms with E-state index < -0.39 is 29.2 Å². The van der Waals surface area contributed by atoms with Gasteiger partial charge in [0.05, 0.1) is 29.3 Å². The number of amides is 3. The number of aromatic nitrogens is 1. The summed E-state index contributed by atoms with van der Waals surface area (Å²) in [7, 11) is 1.47. The van der Waals surface area contributed by atoms with Crippen molar-refractivity contribution in [2.75, 3.05) is 16.8 Å². The minimum atomic E-state index is -4.72. The number of nitrogens with one attached hydrogen (secondary N) is 1. The van der Waals surface area contributed by atoms with E-state index in [0.29, 0.717) is 18.5 Å². The number of carbonyl (C=O) groups is 2. The zero-order valence-corrected chi connectivity index (χ0v) is 17.2. The highest BCUT2D eigenvalue weighted by molar-refractivity contribution is 6.08. The van der Waals surface area contributed by atoms with Gasteiger partial charge < -0.3 is 5.32 Å². The third-order valence-electron chi connectivity index (χ3n) is 5.96. The fraction of sp³-hybridized carbons (Fsp3) is 0.364. The molecule has 3 amide bonds. The SMILES string of the molecule is CNC(=O)c1cc(N2C(=O)N(c3ccc(C#N)c(C(F)(F)F)c3)C3CCCCC32)ccn1. The highest BCUT2D eigenvalue weighted by Crippen LogP contribution is 2.42. The number of nitriles is 1. The molecule has 0 radical (unpaired) electrons. The zero-order valence-electron chi connectivity index (χ0n) is 17.2. The molecule has 2 heterocycles. The number of rotatable bonds is 3. The Bertz CT molecular complexity index is 1110. The Labute approximate surface area is 182 Å². The summed E-state index contributed by atoms with van der Waals surface area (Å²) in [6, 6.07) is 7.00. The van der Waals surface area contributed by atoms with Gasteiger partial charge in [-0.25, -0.2) is 4.79 Å². The molecule has 1 saturated carbocycles. The Morgan fingerprint density at radius 1 is 1.12 bits per heavy atom. The normalized spacial score (nSPS) is 20.7. The number of nitrogens with zero attached hydrogens (tertiary/aromatic N) is 4. The molecule has 10 heteroatoms. The zero-order chi connectivity index (χ0) is 23.0. The van der Waals surface area contributed by atoms with Crippen LogP contribution in [0.5, 0.6) is 0 Å². The predicted octanol–water partition coefficient (Wildman–Crippen LogP) is 4.09. The lowest BCUT2D eigenvalue weighted by atomic mass is 9.89. The second-order valence-corrected chi connectivity index (χ2v) is 7.76. The molecule has 0 bridgehead atoms. The van der Waals surface area contributed by atoms with Gasteiger partial charge in [-0.15, -0.1) is 0 Å². The Morgan fingerprint density at radius 3 is 2.31 bits per heavy atom. The molecule has 1 aromatic carbocycles. The molecule has 2 fully saturated rings. The lowest BCUT2D eigenvalue weighted by Gasteiger charge is -2.32. The van der Waals surface area contributed by atoms with Crippen LogP contribution in [0.3, 0.4) is 0 Å². The van der Waals surface area contributed by atoms with Crippen molar-refractivity contribution in [1.29, 1.82) is 5.26 Å². The van der Waals surface area contributed by atoms with E-state index in [-0.39, 0.29) is 23.5 Å². The number of pyridine rings is 1. The van der Waals surface area contributed by atoms with Crippen LogP contribution in [0.4, 0.5) is 29.3 Å². The van der Waals surface area contributed by atoms with Crippen LogP contribution in [0.15, 0.2) is 36.5 Å². The lowest BCUT2D eigenvalue weighted by molar-refractivity contribution is -0.137. The first-order valence-corrected chi connectivity index (χ1v) is 10.2. The number of carbonyl (C=O) groups excluding carboxylic acids is 2. The highest BCUT2D eigenvalue weighted by Gasteiger charge is 2.48. The van der Waals surface area contributed by atoms with Gasteiger partial charge in [-0.2, -0.15) is 18.4 Å². The van der Waals surface area contributed by atoms with E-state index in [4.69, 9.17) is 5.26 Å². The van der Waals surface area contributed by atoms with Gasteiger partial charge in [0.25, 0.3) is 5.91 Å². The van der Waals surface area contributed by atoms with Crippen LogP contribution >= 0.6 is 0 Å². The molecule has 166 valence electrons. The first-order valence-electron chi connectivity index (χ1n) is 10.2. The summed E-state index contributed by atoms with van der Waals surface area (Å²) in [5.74, 6) is -0.405. The van der Waals surface area contributed by atoms with E-state index in [9.17, 15) is 22.8 Å². The minimum absolute atomic E-state index is 0.0984. The van der Waals surface area contributed by atoms with Crippen molar-refractivity contribution >= 4 is 23.3 Å². The molecule has 1 aromatic heterocycles. The van der Waals surface area contributed by atoms with Gasteiger partial charge in [-0.05, 0) is 43.2 Å². The monoisotopic (exact) mass is 443 g/mol. The molecule has 2 unspecified atom stereocenters. The number of hydrogen-bond donors (Lipinski definition) is 1. The molecule has 1 aliphatic carbocycles. The maximum absolute atomic E-state index is 13.5. The number of hydrogen-bond acceptors (Lipinski definition) is 4. The van der Waals surface area contributed by atoms with Gasteiger partial charge in [0, 0.05) is 24.6 Å². The van der Waals surface area contributed by atoms with Crippen molar-refractivity contribution in [2.24, 2.45) is 0 Å². The van der Waals surface area contributed by atoms with Crippen molar-refractivity contribution in [3.63, 3.8) is 0 Å². The summed E-state index contributed by atoms with van der Waals surface area (Å²) in [5.41, 5.74) is -0.855. The van der Waals surface area contributed by atoms with Crippen molar-refractivity contribution in [2.45, 2.75) is 43.9 Å². The van der Waals surface area contributed by atoms with Crippen LogP contribution < -0.4 is 15.1 Å². The van der Waals surface area contributed by atoms with E-state index in [1.54, 1.807) is 17.0 Å². The smallest absolute Gasteiger partial charge is 0.354 e. The van der Waals surface area contributed by atoms with E-state index >= 15 is 0 Å². The molecular formula is C22H20F3N5O2. The number of anilines is 2. The molecule has 1 N–H and O–H groups in total. The van der Waals surface area contributed by atoms with Gasteiger partial charge in [-0.3, -0.25) is 19.6 Å². The van der Waals surface area contributed by atoms with Crippen LogP contribution in [-0.4, -0.2) is 36.1 Å². The maximum Gasteiger partial charge on any atom is 0.417 e. The summed E-state index contributed by atoms with van der Waals surface area (Å²) in [6.45, 7) is 0. The van der Waals surface area contributed by atoms with Crippen LogP contribution in [-0.2, 0) is 6.18 Å². The summed E-state index contributed by atoms with van der Waals surface area (Å²) >= 11 is 0. The Hall–Kier alpha value is -3.61.